The minimum Gasteiger partial charge on any atom is -0.497 e. The van der Waals surface area contributed by atoms with Gasteiger partial charge in [-0.3, -0.25) is 0 Å². The van der Waals surface area contributed by atoms with Crippen LogP contribution in [0.2, 0.25) is 0 Å². The van der Waals surface area contributed by atoms with Crippen molar-refractivity contribution in [3.63, 3.8) is 0 Å². The number of hydrogen-bond donors (Lipinski definition) is 0. The summed E-state index contributed by atoms with van der Waals surface area (Å²) in [4.78, 5) is -0.0115. The molecule has 1 aliphatic heterocycles. The van der Waals surface area contributed by atoms with Gasteiger partial charge in [0.25, 0.3) is 0 Å². The van der Waals surface area contributed by atoms with Crippen LogP contribution in [-0.4, -0.2) is 60.0 Å². The molecule has 0 saturated carbocycles. The highest BCUT2D eigenvalue weighted by Gasteiger charge is 2.37. The third-order valence-corrected chi connectivity index (χ3v) is 7.45. The van der Waals surface area contributed by atoms with Crippen LogP contribution in [0.1, 0.15) is 6.42 Å². The molecule has 7 nitrogen and oxygen atoms in total. The summed E-state index contributed by atoms with van der Waals surface area (Å²) in [5, 5.41) is 0. The summed E-state index contributed by atoms with van der Waals surface area (Å²) in [6.07, 6.45) is 0.302. The summed E-state index contributed by atoms with van der Waals surface area (Å²) in [7, 11) is -2.79. The number of sulfonamides is 1. The normalized spacial score (nSPS) is 21.0. The molecule has 0 bridgehead atoms. The summed E-state index contributed by atoms with van der Waals surface area (Å²) in [5.74, 6) is 0.493. The summed E-state index contributed by atoms with van der Waals surface area (Å²) >= 11 is 0. The van der Waals surface area contributed by atoms with E-state index in [0.29, 0.717) is 12.2 Å². The van der Waals surface area contributed by atoms with Gasteiger partial charge in [-0.1, -0.05) is 0 Å². The Labute approximate surface area is 130 Å². The number of rotatable bonds is 5. The van der Waals surface area contributed by atoms with Crippen LogP contribution in [0.3, 0.4) is 0 Å². The van der Waals surface area contributed by atoms with Gasteiger partial charge in [0.15, 0.2) is 9.84 Å². The summed E-state index contributed by atoms with van der Waals surface area (Å²) in [6, 6.07) is 3.84. The van der Waals surface area contributed by atoms with E-state index in [-0.39, 0.29) is 22.2 Å². The summed E-state index contributed by atoms with van der Waals surface area (Å²) in [6.45, 7) is 0. The average Bonchev–Trinajstić information content (AvgIpc) is 2.85. The maximum Gasteiger partial charge on any atom is 0.246 e. The van der Waals surface area contributed by atoms with E-state index in [0.717, 1.165) is 4.31 Å². The Bertz CT molecular complexity index is 757. The van der Waals surface area contributed by atoms with Crippen LogP contribution >= 0.6 is 0 Å². The van der Waals surface area contributed by atoms with Crippen molar-refractivity contribution in [1.82, 2.24) is 4.31 Å². The van der Waals surface area contributed by atoms with E-state index in [9.17, 15) is 16.8 Å². The zero-order chi connectivity index (χ0) is 16.5. The molecule has 2 rings (SSSR count). The molecular formula is C13H19NO6S2. The highest BCUT2D eigenvalue weighted by Crippen LogP contribution is 2.32. The van der Waals surface area contributed by atoms with Crippen LogP contribution in [-0.2, 0) is 19.9 Å². The van der Waals surface area contributed by atoms with Crippen LogP contribution in [0.5, 0.6) is 11.5 Å². The van der Waals surface area contributed by atoms with Crippen molar-refractivity contribution < 1.29 is 26.3 Å². The van der Waals surface area contributed by atoms with E-state index in [4.69, 9.17) is 9.47 Å². The molecule has 1 fully saturated rings. The second-order valence-corrected chi connectivity index (χ2v) is 9.29. The van der Waals surface area contributed by atoms with Gasteiger partial charge in [-0.15, -0.1) is 0 Å². The molecule has 1 saturated heterocycles. The lowest BCUT2D eigenvalue weighted by atomic mass is 10.3. The van der Waals surface area contributed by atoms with E-state index in [2.05, 4.69) is 0 Å². The lowest BCUT2D eigenvalue weighted by molar-refractivity contribution is 0.373. The maximum atomic E-state index is 12.7. The second kappa shape index (κ2) is 6.05. The minimum absolute atomic E-state index is 0.0112. The second-order valence-electron chi connectivity index (χ2n) is 5.09. The van der Waals surface area contributed by atoms with Gasteiger partial charge in [-0.05, 0) is 18.6 Å². The van der Waals surface area contributed by atoms with Gasteiger partial charge in [0, 0.05) is 19.2 Å². The number of benzene rings is 1. The Kier molecular flexibility index (Phi) is 4.69. The molecule has 0 aromatic heterocycles. The predicted octanol–water partition coefficient (Wildman–Crippen LogP) is 0.511. The highest BCUT2D eigenvalue weighted by molar-refractivity contribution is 7.92. The molecular weight excluding hydrogens is 330 g/mol. The molecule has 0 amide bonds. The Hall–Kier alpha value is -1.32. The van der Waals surface area contributed by atoms with Crippen molar-refractivity contribution in [2.24, 2.45) is 0 Å². The first-order chi connectivity index (χ1) is 10.2. The fourth-order valence-electron chi connectivity index (χ4n) is 2.40. The smallest absolute Gasteiger partial charge is 0.246 e. The van der Waals surface area contributed by atoms with Gasteiger partial charge in [0.05, 0.1) is 25.7 Å². The van der Waals surface area contributed by atoms with Crippen LogP contribution in [0.15, 0.2) is 23.1 Å². The van der Waals surface area contributed by atoms with Gasteiger partial charge < -0.3 is 9.47 Å². The number of sulfone groups is 1. The predicted molar refractivity (Wildman–Crippen MR) is 81.6 cm³/mol. The maximum absolute atomic E-state index is 12.7. The number of ether oxygens (including phenoxy) is 2. The number of hydrogen-bond acceptors (Lipinski definition) is 6. The standard InChI is InChI=1S/C13H19NO6S2/c1-14(10-6-7-21(15,16)9-10)22(17,18)13-5-4-11(19-2)8-12(13)20-3/h4-5,8,10H,6-7,9H2,1-3H3/t10-/m0/s1. The fourth-order valence-corrected chi connectivity index (χ4v) is 5.79. The van der Waals surface area contributed by atoms with Gasteiger partial charge in [0.1, 0.15) is 16.4 Å². The van der Waals surface area contributed by atoms with Crippen LogP contribution in [0.4, 0.5) is 0 Å². The lowest BCUT2D eigenvalue weighted by Crippen LogP contribution is -2.37. The van der Waals surface area contributed by atoms with Crippen molar-refractivity contribution in [3.05, 3.63) is 18.2 Å². The monoisotopic (exact) mass is 349 g/mol. The van der Waals surface area contributed by atoms with Crippen LogP contribution in [0, 0.1) is 0 Å². The molecule has 1 atom stereocenters. The Balaban J connectivity index is 2.38. The van der Waals surface area contributed by atoms with Gasteiger partial charge in [-0.2, -0.15) is 4.31 Å². The highest BCUT2D eigenvalue weighted by atomic mass is 32.2. The van der Waals surface area contributed by atoms with E-state index in [1.807, 2.05) is 0 Å². The summed E-state index contributed by atoms with van der Waals surface area (Å²) in [5.41, 5.74) is 0. The van der Waals surface area contributed by atoms with Crippen molar-refractivity contribution in [3.8, 4) is 11.5 Å². The topological polar surface area (TPSA) is 90.0 Å². The zero-order valence-electron chi connectivity index (χ0n) is 12.6. The van der Waals surface area contributed by atoms with Gasteiger partial charge in [0.2, 0.25) is 10.0 Å². The zero-order valence-corrected chi connectivity index (χ0v) is 14.3. The van der Waals surface area contributed by atoms with Gasteiger partial charge in [-0.25, -0.2) is 16.8 Å². The van der Waals surface area contributed by atoms with E-state index in [1.54, 1.807) is 0 Å². The van der Waals surface area contributed by atoms with E-state index >= 15 is 0 Å². The molecule has 1 aromatic carbocycles. The van der Waals surface area contributed by atoms with Crippen molar-refractivity contribution >= 4 is 19.9 Å². The molecule has 124 valence electrons. The van der Waals surface area contributed by atoms with Crippen LogP contribution < -0.4 is 9.47 Å². The van der Waals surface area contributed by atoms with Crippen molar-refractivity contribution in [2.45, 2.75) is 17.4 Å². The minimum atomic E-state index is -3.85. The average molecular weight is 349 g/mol. The number of methoxy groups -OCH3 is 2. The van der Waals surface area contributed by atoms with Crippen molar-refractivity contribution in [2.75, 3.05) is 32.8 Å². The molecule has 9 heteroatoms. The first kappa shape index (κ1) is 17.0. The molecule has 0 unspecified atom stereocenters. The van der Waals surface area contributed by atoms with E-state index < -0.39 is 25.9 Å². The van der Waals surface area contributed by atoms with Crippen molar-refractivity contribution in [1.29, 1.82) is 0 Å². The third-order valence-electron chi connectivity index (χ3n) is 3.75. The lowest BCUT2D eigenvalue weighted by Gasteiger charge is -2.23. The quantitative estimate of drug-likeness (QED) is 0.769. The Morgan fingerprint density at radius 1 is 1.23 bits per heavy atom. The Morgan fingerprint density at radius 2 is 1.91 bits per heavy atom. The fraction of sp³-hybridized carbons (Fsp3) is 0.538. The first-order valence-electron chi connectivity index (χ1n) is 6.62. The molecule has 0 radical (unpaired) electrons. The van der Waals surface area contributed by atoms with Gasteiger partial charge >= 0.3 is 0 Å². The largest absolute Gasteiger partial charge is 0.497 e. The Morgan fingerprint density at radius 3 is 2.41 bits per heavy atom. The summed E-state index contributed by atoms with van der Waals surface area (Å²) < 4.78 is 59.8. The molecule has 1 aromatic rings. The van der Waals surface area contributed by atoms with E-state index in [1.165, 1.54) is 39.5 Å². The molecule has 1 heterocycles. The van der Waals surface area contributed by atoms with Crippen LogP contribution in [0.25, 0.3) is 0 Å². The third kappa shape index (κ3) is 3.21. The molecule has 0 aliphatic carbocycles. The first-order valence-corrected chi connectivity index (χ1v) is 9.88. The number of nitrogens with zero attached hydrogens (tertiary/aromatic N) is 1. The molecule has 22 heavy (non-hydrogen) atoms. The molecule has 1 aliphatic rings. The molecule has 0 spiro atoms. The SMILES string of the molecule is COc1ccc(S(=O)(=O)N(C)[C@H]2CCS(=O)(=O)C2)c(OC)c1. The molecule has 0 N–H and O–H groups in total.